The van der Waals surface area contributed by atoms with Gasteiger partial charge in [-0.2, -0.15) is 10.4 Å². The first kappa shape index (κ1) is 28.6. The molecule has 0 aromatic carbocycles. The second-order valence-electron chi connectivity index (χ2n) is 11.1. The van der Waals surface area contributed by atoms with Gasteiger partial charge in [0.2, 0.25) is 5.91 Å². The van der Waals surface area contributed by atoms with Gasteiger partial charge in [-0.05, 0) is 50.1 Å². The number of aromatic nitrogens is 4. The van der Waals surface area contributed by atoms with Crippen LogP contribution in [0.15, 0.2) is 61.2 Å². The Morgan fingerprint density at radius 2 is 2.12 bits per heavy atom. The molecular weight excluding hydrogens is 544 g/mol. The molecule has 4 aromatic heterocycles. The number of rotatable bonds is 9. The van der Waals surface area contributed by atoms with Crippen LogP contribution in [0.4, 0.5) is 5.82 Å². The number of carbonyl (C=O) groups excluding carboxylic acids is 1. The van der Waals surface area contributed by atoms with Gasteiger partial charge in [0.15, 0.2) is 0 Å². The van der Waals surface area contributed by atoms with E-state index in [9.17, 15) is 10.1 Å². The molecule has 0 bridgehead atoms. The number of pyridine rings is 3. The number of piperidine rings is 1. The zero-order valence-electron chi connectivity index (χ0n) is 24.3. The Morgan fingerprint density at radius 1 is 1.23 bits per heavy atom. The van der Waals surface area contributed by atoms with E-state index in [1.807, 2.05) is 49.5 Å². The quantitative estimate of drug-likeness (QED) is 0.307. The van der Waals surface area contributed by atoms with E-state index in [1.165, 1.54) is 0 Å². The Morgan fingerprint density at radius 3 is 2.81 bits per heavy atom. The van der Waals surface area contributed by atoms with E-state index in [1.54, 1.807) is 23.1 Å². The van der Waals surface area contributed by atoms with Gasteiger partial charge >= 0.3 is 0 Å². The van der Waals surface area contributed by atoms with E-state index >= 15 is 0 Å². The third kappa shape index (κ3) is 6.45. The molecule has 0 saturated carbocycles. The lowest BCUT2D eigenvalue weighted by Crippen LogP contribution is -2.57. The van der Waals surface area contributed by atoms with Crippen molar-refractivity contribution in [3.8, 4) is 22.9 Å². The number of hydrogen-bond donors (Lipinski definition) is 2. The van der Waals surface area contributed by atoms with Gasteiger partial charge in [-0.15, -0.1) is 0 Å². The molecule has 0 radical (unpaired) electrons. The topological polar surface area (TPSA) is 130 Å². The first-order chi connectivity index (χ1) is 21.1. The third-order valence-electron chi connectivity index (χ3n) is 8.19. The van der Waals surface area contributed by atoms with Gasteiger partial charge in [0.25, 0.3) is 0 Å². The minimum absolute atomic E-state index is 0.0118. The number of hydrogen-bond acceptors (Lipinski definition) is 9. The fourth-order valence-electron chi connectivity index (χ4n) is 6.04. The molecule has 2 N–H and O–H groups in total. The van der Waals surface area contributed by atoms with E-state index in [4.69, 9.17) is 14.5 Å². The molecule has 43 heavy (non-hydrogen) atoms. The number of nitriles is 1. The predicted octanol–water partition coefficient (Wildman–Crippen LogP) is 3.14. The van der Waals surface area contributed by atoms with Crippen LogP contribution in [-0.2, 0) is 16.0 Å². The number of carbonyl (C=O) groups is 1. The van der Waals surface area contributed by atoms with Crippen molar-refractivity contribution in [2.24, 2.45) is 0 Å². The summed E-state index contributed by atoms with van der Waals surface area (Å²) in [5.74, 6) is 1.56. The first-order valence-electron chi connectivity index (χ1n) is 14.8. The molecule has 11 heteroatoms. The number of fused-ring (bicyclic) bond motifs is 1. The third-order valence-corrected chi connectivity index (χ3v) is 8.19. The first-order valence-corrected chi connectivity index (χ1v) is 14.8. The Balaban J connectivity index is 1.19. The van der Waals surface area contributed by atoms with Crippen molar-refractivity contribution in [2.45, 2.75) is 44.2 Å². The summed E-state index contributed by atoms with van der Waals surface area (Å²) in [5.41, 5.74) is 3.50. The van der Waals surface area contributed by atoms with Crippen molar-refractivity contribution in [1.29, 1.82) is 5.26 Å². The Hall–Kier alpha value is -4.53. The van der Waals surface area contributed by atoms with E-state index in [0.29, 0.717) is 43.9 Å². The number of ether oxygens (including phenoxy) is 2. The molecule has 2 aliphatic heterocycles. The van der Waals surface area contributed by atoms with Gasteiger partial charge in [-0.3, -0.25) is 9.78 Å². The number of amides is 1. The summed E-state index contributed by atoms with van der Waals surface area (Å²) in [4.78, 5) is 24.8. The smallest absolute Gasteiger partial charge is 0.223 e. The summed E-state index contributed by atoms with van der Waals surface area (Å²) in [6, 6.07) is 14.1. The van der Waals surface area contributed by atoms with Gasteiger partial charge < -0.3 is 25.0 Å². The van der Waals surface area contributed by atoms with Crippen molar-refractivity contribution < 1.29 is 14.3 Å². The van der Waals surface area contributed by atoms with Crippen LogP contribution in [-0.4, -0.2) is 76.5 Å². The average Bonchev–Trinajstić information content (AvgIpc) is 3.45. The van der Waals surface area contributed by atoms with Crippen LogP contribution in [0.2, 0.25) is 0 Å². The summed E-state index contributed by atoms with van der Waals surface area (Å²) in [7, 11) is 0. The molecule has 1 atom stereocenters. The molecule has 1 unspecified atom stereocenters. The van der Waals surface area contributed by atoms with E-state index in [-0.39, 0.29) is 12.0 Å². The molecule has 6 rings (SSSR count). The summed E-state index contributed by atoms with van der Waals surface area (Å²) >= 11 is 0. The standard InChI is InChI=1S/C32H36N8O3/c1-2-42-27-15-28(31-24(18-33)20-37-40(31)22-27)23-6-7-29(36-19-23)39-12-8-32(9-13-39,17-25-5-3-4-10-35-25)38-30(41)16-26-21-34-11-14-43-26/h3-7,10,15,19-20,22,26,34H,2,8-9,11-14,16-17,21H2,1H3,(H,38,41). The second kappa shape index (κ2) is 12.8. The van der Waals surface area contributed by atoms with E-state index < -0.39 is 5.54 Å². The summed E-state index contributed by atoms with van der Waals surface area (Å²) in [6.07, 6.45) is 9.42. The lowest BCUT2D eigenvalue weighted by molar-refractivity contribution is -0.126. The summed E-state index contributed by atoms with van der Waals surface area (Å²) in [6.45, 7) is 6.08. The van der Waals surface area contributed by atoms with Crippen molar-refractivity contribution >= 4 is 17.2 Å². The van der Waals surface area contributed by atoms with Crippen LogP contribution >= 0.6 is 0 Å². The SMILES string of the molecule is CCOc1cc(-c2ccc(N3CCC(Cc4ccccn4)(NC(=O)CC4CNCCO4)CC3)nc2)c2c(C#N)cnn2c1. The van der Waals surface area contributed by atoms with Crippen molar-refractivity contribution in [1.82, 2.24) is 30.2 Å². The van der Waals surface area contributed by atoms with Crippen molar-refractivity contribution in [3.63, 3.8) is 0 Å². The highest BCUT2D eigenvalue weighted by molar-refractivity contribution is 5.85. The molecule has 0 spiro atoms. The highest BCUT2D eigenvalue weighted by Crippen LogP contribution is 2.33. The van der Waals surface area contributed by atoms with Crippen molar-refractivity contribution in [2.75, 3.05) is 44.3 Å². The highest BCUT2D eigenvalue weighted by atomic mass is 16.5. The van der Waals surface area contributed by atoms with Gasteiger partial charge in [0.1, 0.15) is 17.6 Å². The lowest BCUT2D eigenvalue weighted by atomic mass is 9.82. The Kier molecular flexibility index (Phi) is 8.49. The van der Waals surface area contributed by atoms with Crippen LogP contribution in [0.25, 0.3) is 16.6 Å². The molecule has 11 nitrogen and oxygen atoms in total. The molecule has 6 heterocycles. The number of anilines is 1. The maximum atomic E-state index is 13.2. The maximum Gasteiger partial charge on any atom is 0.223 e. The Labute approximate surface area is 250 Å². The van der Waals surface area contributed by atoms with Crippen LogP contribution in [0, 0.1) is 11.3 Å². The summed E-state index contributed by atoms with van der Waals surface area (Å²) < 4.78 is 13.2. The molecule has 2 fully saturated rings. The average molecular weight is 581 g/mol. The number of nitrogens with zero attached hydrogens (tertiary/aromatic N) is 6. The van der Waals surface area contributed by atoms with Crippen LogP contribution < -0.4 is 20.3 Å². The maximum absolute atomic E-state index is 13.2. The molecule has 222 valence electrons. The molecule has 2 aliphatic rings. The minimum Gasteiger partial charge on any atom is -0.492 e. The normalized spacial score (nSPS) is 18.2. The zero-order chi connectivity index (χ0) is 29.6. The molecule has 1 amide bonds. The van der Waals surface area contributed by atoms with Crippen LogP contribution in [0.1, 0.15) is 37.4 Å². The Bertz CT molecular complexity index is 1580. The number of morpholine rings is 1. The van der Waals surface area contributed by atoms with Gasteiger partial charge in [0.05, 0.1) is 49.2 Å². The molecular formula is C32H36N8O3. The largest absolute Gasteiger partial charge is 0.492 e. The molecule has 2 saturated heterocycles. The fraction of sp³-hybridized carbons (Fsp3) is 0.406. The highest BCUT2D eigenvalue weighted by Gasteiger charge is 2.37. The van der Waals surface area contributed by atoms with E-state index in [2.05, 4.69) is 31.7 Å². The zero-order valence-corrected chi connectivity index (χ0v) is 24.3. The van der Waals surface area contributed by atoms with Gasteiger partial charge in [0, 0.05) is 67.4 Å². The van der Waals surface area contributed by atoms with Crippen LogP contribution in [0.5, 0.6) is 5.75 Å². The fourth-order valence-corrected chi connectivity index (χ4v) is 6.04. The van der Waals surface area contributed by atoms with Crippen LogP contribution in [0.3, 0.4) is 0 Å². The number of nitrogens with one attached hydrogen (secondary N) is 2. The van der Waals surface area contributed by atoms with Gasteiger partial charge in [-0.1, -0.05) is 6.07 Å². The predicted molar refractivity (Wildman–Crippen MR) is 162 cm³/mol. The summed E-state index contributed by atoms with van der Waals surface area (Å²) in [5, 5.41) is 20.7. The van der Waals surface area contributed by atoms with E-state index in [0.717, 1.165) is 60.6 Å². The molecule has 0 aliphatic carbocycles. The monoisotopic (exact) mass is 580 g/mol. The molecule has 4 aromatic rings. The lowest BCUT2D eigenvalue weighted by Gasteiger charge is -2.43. The second-order valence-corrected chi connectivity index (χ2v) is 11.1. The van der Waals surface area contributed by atoms with Gasteiger partial charge in [-0.25, -0.2) is 9.50 Å². The minimum atomic E-state index is -0.398. The van der Waals surface area contributed by atoms with Crippen molar-refractivity contribution in [3.05, 3.63) is 72.4 Å².